The van der Waals surface area contributed by atoms with E-state index in [-0.39, 0.29) is 43.1 Å². The minimum atomic E-state index is -0.827. The SMILES string of the molecule is C=CCCN(Cc1ncc(-c2ccc3c(c2)COc2cc4c(ccc5[nH]c(CN(CCC)C(=O)C(NC(=O)OC)C(C)C)nc54)cc2-3)[nH]1)C(=O)C(NC(=O)CC)c1ccccc1. The van der Waals surface area contributed by atoms with E-state index < -0.39 is 18.2 Å². The van der Waals surface area contributed by atoms with Gasteiger partial charge in [0.15, 0.2) is 0 Å². The van der Waals surface area contributed by atoms with Gasteiger partial charge in [0.05, 0.1) is 43.1 Å². The zero-order valence-corrected chi connectivity index (χ0v) is 35.9. The molecule has 6 aromatic rings. The Labute approximate surface area is 361 Å². The first-order chi connectivity index (χ1) is 30.0. The van der Waals surface area contributed by atoms with E-state index in [1.165, 1.54) is 7.11 Å². The minimum Gasteiger partial charge on any atom is -0.488 e. The van der Waals surface area contributed by atoms with Crippen LogP contribution in [0.2, 0.25) is 0 Å². The number of hydrogen-bond donors (Lipinski definition) is 4. The van der Waals surface area contributed by atoms with Crippen molar-refractivity contribution in [1.82, 2.24) is 40.4 Å². The first-order valence-corrected chi connectivity index (χ1v) is 21.1. The highest BCUT2D eigenvalue weighted by Crippen LogP contribution is 2.42. The Morgan fingerprint density at radius 3 is 2.40 bits per heavy atom. The van der Waals surface area contributed by atoms with Crippen molar-refractivity contribution >= 4 is 45.6 Å². The Morgan fingerprint density at radius 1 is 0.903 bits per heavy atom. The standard InChI is InChI=1S/C48H54N8O6/c1-7-10-21-56(47(59)44(53-42(57)9-3)30-14-12-11-13-15-30)26-40-49-25-38(51-40)32-16-18-34-33(22-32)28-62-39-24-35-31(23-36(34)39)17-19-37-45(35)52-41(50-37)27-55(20-8-2)46(58)43(29(4)5)54-48(60)61-6/h7,11-19,22-25,29,43-44H,1,8-10,20-21,26-28H2,2-6H3,(H,49,51)(H,50,52)(H,53,57)(H,54,60). The number of rotatable bonds is 17. The molecule has 322 valence electrons. The summed E-state index contributed by atoms with van der Waals surface area (Å²) in [4.78, 5) is 72.2. The van der Waals surface area contributed by atoms with Crippen molar-refractivity contribution in [2.45, 2.75) is 78.7 Å². The molecule has 0 bridgehead atoms. The van der Waals surface area contributed by atoms with E-state index >= 15 is 0 Å². The number of H-pyrrole nitrogens is 2. The van der Waals surface area contributed by atoms with Crippen molar-refractivity contribution < 1.29 is 28.7 Å². The first-order valence-electron chi connectivity index (χ1n) is 21.1. The van der Waals surface area contributed by atoms with Gasteiger partial charge in [0.25, 0.3) is 0 Å². The molecule has 4 amide bonds. The van der Waals surface area contributed by atoms with E-state index in [1.807, 2.05) is 63.2 Å². The predicted octanol–water partition coefficient (Wildman–Crippen LogP) is 7.96. The van der Waals surface area contributed by atoms with Gasteiger partial charge in [0.2, 0.25) is 17.7 Å². The van der Waals surface area contributed by atoms with Gasteiger partial charge >= 0.3 is 6.09 Å². The van der Waals surface area contributed by atoms with Crippen molar-refractivity contribution in [3.63, 3.8) is 0 Å². The van der Waals surface area contributed by atoms with Crippen LogP contribution in [-0.2, 0) is 38.8 Å². The van der Waals surface area contributed by atoms with Crippen molar-refractivity contribution in [2.75, 3.05) is 20.2 Å². The number of ether oxygens (including phenoxy) is 2. The Balaban J connectivity index is 1.11. The third-order valence-electron chi connectivity index (χ3n) is 11.1. The summed E-state index contributed by atoms with van der Waals surface area (Å²) in [6.45, 7) is 13.1. The third-order valence-corrected chi connectivity index (χ3v) is 11.1. The molecule has 0 saturated carbocycles. The maximum absolute atomic E-state index is 14.0. The lowest BCUT2D eigenvalue weighted by atomic mass is 9.92. The summed E-state index contributed by atoms with van der Waals surface area (Å²) in [5, 5.41) is 7.53. The fourth-order valence-corrected chi connectivity index (χ4v) is 7.86. The maximum Gasteiger partial charge on any atom is 0.407 e. The molecule has 7 rings (SSSR count). The van der Waals surface area contributed by atoms with Crippen LogP contribution in [0.3, 0.4) is 0 Å². The van der Waals surface area contributed by atoms with Crippen LogP contribution in [-0.4, -0.2) is 79.8 Å². The van der Waals surface area contributed by atoms with E-state index in [0.29, 0.717) is 43.3 Å². The number of methoxy groups -OCH3 is 1. The Hall–Kier alpha value is -6.96. The first kappa shape index (κ1) is 43.1. The number of alkyl carbamates (subject to hydrolysis) is 1. The van der Waals surface area contributed by atoms with Gasteiger partial charge in [0.1, 0.15) is 36.1 Å². The molecule has 14 heteroatoms. The molecule has 2 aromatic heterocycles. The lowest BCUT2D eigenvalue weighted by molar-refractivity contribution is -0.137. The van der Waals surface area contributed by atoms with Gasteiger partial charge in [-0.25, -0.2) is 14.8 Å². The largest absolute Gasteiger partial charge is 0.488 e. The zero-order chi connectivity index (χ0) is 43.9. The molecule has 62 heavy (non-hydrogen) atoms. The fourth-order valence-electron chi connectivity index (χ4n) is 7.86. The van der Waals surface area contributed by atoms with Gasteiger partial charge in [-0.2, -0.15) is 0 Å². The number of hydrogen-bond acceptors (Lipinski definition) is 8. The molecule has 2 unspecified atom stereocenters. The number of aromatic nitrogens is 4. The summed E-state index contributed by atoms with van der Waals surface area (Å²) in [6.07, 6.45) is 4.48. The third kappa shape index (κ3) is 9.34. The summed E-state index contributed by atoms with van der Waals surface area (Å²) in [5.41, 5.74) is 7.13. The molecule has 0 spiro atoms. The monoisotopic (exact) mass is 838 g/mol. The molecule has 0 aliphatic carbocycles. The summed E-state index contributed by atoms with van der Waals surface area (Å²) in [6, 6.07) is 22.2. The van der Waals surface area contributed by atoms with Crippen LogP contribution in [0.25, 0.3) is 44.2 Å². The van der Waals surface area contributed by atoms with Gasteiger partial charge in [-0.05, 0) is 70.7 Å². The highest BCUT2D eigenvalue weighted by molar-refractivity contribution is 6.07. The maximum atomic E-state index is 14.0. The molecule has 14 nitrogen and oxygen atoms in total. The highest BCUT2D eigenvalue weighted by atomic mass is 16.5. The number of imidazole rings is 2. The Kier molecular flexibility index (Phi) is 13.3. The molecule has 1 aliphatic heterocycles. The minimum absolute atomic E-state index is 0.142. The number of fused-ring (bicyclic) bond motifs is 6. The Morgan fingerprint density at radius 2 is 1.68 bits per heavy atom. The van der Waals surface area contributed by atoms with Gasteiger partial charge in [0, 0.05) is 30.5 Å². The lowest BCUT2D eigenvalue weighted by Crippen LogP contribution is -2.51. The van der Waals surface area contributed by atoms with E-state index in [0.717, 1.165) is 61.9 Å². The van der Waals surface area contributed by atoms with Crippen molar-refractivity contribution in [2.24, 2.45) is 5.92 Å². The van der Waals surface area contributed by atoms with Gasteiger partial charge in [-0.3, -0.25) is 14.4 Å². The normalized spacial score (nSPS) is 12.8. The van der Waals surface area contributed by atoms with E-state index in [1.54, 1.807) is 29.0 Å². The summed E-state index contributed by atoms with van der Waals surface area (Å²) < 4.78 is 11.2. The number of benzene rings is 4. The quantitative estimate of drug-likeness (QED) is 0.0670. The molecule has 0 fully saturated rings. The molecular weight excluding hydrogens is 785 g/mol. The predicted molar refractivity (Wildman–Crippen MR) is 239 cm³/mol. The van der Waals surface area contributed by atoms with E-state index in [2.05, 4.69) is 62.5 Å². The van der Waals surface area contributed by atoms with Crippen LogP contribution in [0, 0.1) is 5.92 Å². The van der Waals surface area contributed by atoms with Crippen LogP contribution in [0.5, 0.6) is 5.75 Å². The fraction of sp³-hybridized carbons (Fsp3) is 0.333. The lowest BCUT2D eigenvalue weighted by Gasteiger charge is -2.28. The molecule has 3 heterocycles. The van der Waals surface area contributed by atoms with Crippen LogP contribution in [0.1, 0.15) is 75.8 Å². The molecular formula is C48H54N8O6. The number of nitrogens with one attached hydrogen (secondary N) is 4. The van der Waals surface area contributed by atoms with Gasteiger partial charge in [-0.15, -0.1) is 6.58 Å². The summed E-state index contributed by atoms with van der Waals surface area (Å²) >= 11 is 0. The molecule has 4 aromatic carbocycles. The van der Waals surface area contributed by atoms with Crippen molar-refractivity contribution in [3.8, 4) is 28.1 Å². The Bertz CT molecular complexity index is 2600. The second-order valence-electron chi connectivity index (χ2n) is 15.8. The second kappa shape index (κ2) is 19.2. The van der Waals surface area contributed by atoms with E-state index in [9.17, 15) is 19.2 Å². The number of carbonyl (C=O) groups excluding carboxylic acids is 4. The zero-order valence-electron chi connectivity index (χ0n) is 35.9. The van der Waals surface area contributed by atoms with Crippen LogP contribution < -0.4 is 15.4 Å². The average molecular weight is 839 g/mol. The van der Waals surface area contributed by atoms with Crippen LogP contribution in [0.4, 0.5) is 4.79 Å². The number of carbonyl (C=O) groups is 4. The second-order valence-corrected chi connectivity index (χ2v) is 15.8. The topological polar surface area (TPSA) is 175 Å². The number of amides is 4. The van der Waals surface area contributed by atoms with Gasteiger partial charge < -0.3 is 39.9 Å². The molecule has 1 aliphatic rings. The van der Waals surface area contributed by atoms with Crippen LogP contribution >= 0.6 is 0 Å². The summed E-state index contributed by atoms with van der Waals surface area (Å²) in [5.74, 6) is 1.24. The smallest absolute Gasteiger partial charge is 0.407 e. The van der Waals surface area contributed by atoms with Crippen LogP contribution in [0.15, 0.2) is 91.6 Å². The average Bonchev–Trinajstić information content (AvgIpc) is 3.94. The van der Waals surface area contributed by atoms with Crippen molar-refractivity contribution in [1.29, 1.82) is 0 Å². The van der Waals surface area contributed by atoms with Gasteiger partial charge in [-0.1, -0.05) is 82.3 Å². The molecule has 0 saturated heterocycles. The number of nitrogens with zero attached hydrogens (tertiary/aromatic N) is 4. The highest BCUT2D eigenvalue weighted by Gasteiger charge is 2.30. The van der Waals surface area contributed by atoms with E-state index in [4.69, 9.17) is 14.5 Å². The van der Waals surface area contributed by atoms with Crippen molar-refractivity contribution in [3.05, 3.63) is 114 Å². The molecule has 2 atom stereocenters. The molecule has 0 radical (unpaired) electrons. The molecule has 4 N–H and O–H groups in total. The summed E-state index contributed by atoms with van der Waals surface area (Å²) in [7, 11) is 1.28. The number of aromatic amines is 2.